The average molecular weight is 378 g/mol. The average Bonchev–Trinajstić information content (AvgIpc) is 2.28. The van der Waals surface area contributed by atoms with Crippen molar-refractivity contribution in [2.24, 2.45) is 5.92 Å². The van der Waals surface area contributed by atoms with E-state index in [1.807, 2.05) is 0 Å². The number of hydrogen-bond acceptors (Lipinski definition) is 1. The van der Waals surface area contributed by atoms with E-state index in [0.717, 1.165) is 7.05 Å². The van der Waals surface area contributed by atoms with Gasteiger partial charge in [0.2, 0.25) is 11.8 Å². The summed E-state index contributed by atoms with van der Waals surface area (Å²) in [6.07, 6.45) is -11.4. The molecule has 0 N–H and O–H groups in total. The van der Waals surface area contributed by atoms with Crippen molar-refractivity contribution < 1.29 is 31.1 Å². The normalized spacial score (nSPS) is 12.6. The van der Waals surface area contributed by atoms with E-state index in [-0.39, 0.29) is 6.54 Å². The number of amides is 1. The third-order valence-corrected chi connectivity index (χ3v) is 3.42. The summed E-state index contributed by atoms with van der Waals surface area (Å²) in [5.74, 6) is -6.05. The third kappa shape index (κ3) is 4.62. The standard InChI is InChI=1S/C12H10BrF6NO/c1-20(6-7-4-2-3-5-8(7)13)10(21)9(11(14,15)16)12(17,18)19/h2-5,9H,6H2,1H3. The summed E-state index contributed by atoms with van der Waals surface area (Å²) >= 11 is 3.11. The molecule has 0 aromatic heterocycles. The van der Waals surface area contributed by atoms with E-state index in [4.69, 9.17) is 0 Å². The van der Waals surface area contributed by atoms with Gasteiger partial charge < -0.3 is 4.90 Å². The van der Waals surface area contributed by atoms with Crippen molar-refractivity contribution in [2.75, 3.05) is 7.05 Å². The molecule has 2 nitrogen and oxygen atoms in total. The van der Waals surface area contributed by atoms with E-state index < -0.39 is 24.2 Å². The van der Waals surface area contributed by atoms with Crippen molar-refractivity contribution in [2.45, 2.75) is 18.9 Å². The van der Waals surface area contributed by atoms with E-state index in [9.17, 15) is 31.1 Å². The molecule has 0 aliphatic heterocycles. The summed E-state index contributed by atoms with van der Waals surface area (Å²) in [7, 11) is 0.895. The zero-order valence-electron chi connectivity index (χ0n) is 10.6. The SMILES string of the molecule is CN(Cc1ccccc1Br)C(=O)C(C(F)(F)F)C(F)(F)F. The highest BCUT2D eigenvalue weighted by Gasteiger charge is 2.61. The van der Waals surface area contributed by atoms with Crippen LogP contribution in [0.1, 0.15) is 5.56 Å². The molecule has 0 saturated heterocycles. The van der Waals surface area contributed by atoms with Crippen LogP contribution in [0, 0.1) is 5.92 Å². The Morgan fingerprint density at radius 3 is 2.05 bits per heavy atom. The van der Waals surface area contributed by atoms with Crippen molar-refractivity contribution in [3.63, 3.8) is 0 Å². The van der Waals surface area contributed by atoms with Gasteiger partial charge in [0.15, 0.2) is 0 Å². The van der Waals surface area contributed by atoms with Crippen molar-refractivity contribution in [3.8, 4) is 0 Å². The van der Waals surface area contributed by atoms with Crippen molar-refractivity contribution >= 4 is 21.8 Å². The van der Waals surface area contributed by atoms with E-state index in [1.54, 1.807) is 18.2 Å². The lowest BCUT2D eigenvalue weighted by Gasteiger charge is -2.27. The Kier molecular flexibility index (Phi) is 5.30. The first kappa shape index (κ1) is 17.8. The minimum Gasteiger partial charge on any atom is -0.341 e. The summed E-state index contributed by atoms with van der Waals surface area (Å²) in [5.41, 5.74) is 0.399. The van der Waals surface area contributed by atoms with Crippen LogP contribution in [0.15, 0.2) is 28.7 Å². The maximum Gasteiger partial charge on any atom is 0.409 e. The number of carbonyl (C=O) groups excluding carboxylic acids is 1. The fraction of sp³-hybridized carbons (Fsp3) is 0.417. The molecule has 0 radical (unpaired) electrons. The molecule has 0 spiro atoms. The van der Waals surface area contributed by atoms with Gasteiger partial charge in [-0.25, -0.2) is 0 Å². The van der Waals surface area contributed by atoms with E-state index >= 15 is 0 Å². The lowest BCUT2D eigenvalue weighted by Crippen LogP contribution is -2.48. The Labute approximate surface area is 124 Å². The molecule has 118 valence electrons. The topological polar surface area (TPSA) is 20.3 Å². The number of alkyl halides is 6. The van der Waals surface area contributed by atoms with Gasteiger partial charge in [-0.2, -0.15) is 26.3 Å². The zero-order chi connectivity index (χ0) is 16.4. The summed E-state index contributed by atoms with van der Waals surface area (Å²) < 4.78 is 75.3. The highest BCUT2D eigenvalue weighted by Crippen LogP contribution is 2.40. The van der Waals surface area contributed by atoms with Gasteiger partial charge in [-0.1, -0.05) is 34.1 Å². The Morgan fingerprint density at radius 1 is 1.14 bits per heavy atom. The molecule has 1 aromatic rings. The van der Waals surface area contributed by atoms with Crippen LogP contribution in [0.2, 0.25) is 0 Å². The molecule has 1 rings (SSSR count). The smallest absolute Gasteiger partial charge is 0.341 e. The second kappa shape index (κ2) is 6.25. The van der Waals surface area contributed by atoms with Crippen LogP contribution in [0.3, 0.4) is 0 Å². The molecule has 0 bridgehead atoms. The van der Waals surface area contributed by atoms with Gasteiger partial charge in [0.25, 0.3) is 0 Å². The first-order valence-corrected chi connectivity index (χ1v) is 6.35. The predicted molar refractivity (Wildman–Crippen MR) is 66.2 cm³/mol. The van der Waals surface area contributed by atoms with Crippen molar-refractivity contribution in [1.82, 2.24) is 4.90 Å². The molecule has 0 aliphatic rings. The van der Waals surface area contributed by atoms with Crippen LogP contribution in [0.25, 0.3) is 0 Å². The van der Waals surface area contributed by atoms with Crippen LogP contribution in [-0.4, -0.2) is 30.2 Å². The third-order valence-electron chi connectivity index (χ3n) is 2.64. The Hall–Kier alpha value is -1.25. The second-order valence-electron chi connectivity index (χ2n) is 4.30. The molecular weight excluding hydrogens is 368 g/mol. The Morgan fingerprint density at radius 2 is 1.62 bits per heavy atom. The summed E-state index contributed by atoms with van der Waals surface area (Å²) in [6.45, 7) is -0.372. The summed E-state index contributed by atoms with van der Waals surface area (Å²) in [4.78, 5) is 11.9. The quantitative estimate of drug-likeness (QED) is 0.724. The maximum absolute atomic E-state index is 12.5. The highest BCUT2D eigenvalue weighted by atomic mass is 79.9. The fourth-order valence-corrected chi connectivity index (χ4v) is 2.06. The second-order valence-corrected chi connectivity index (χ2v) is 5.16. The van der Waals surface area contributed by atoms with Gasteiger partial charge in [0.1, 0.15) is 0 Å². The molecule has 1 amide bonds. The van der Waals surface area contributed by atoms with Crippen LogP contribution in [0.5, 0.6) is 0 Å². The summed E-state index contributed by atoms with van der Waals surface area (Å²) in [6, 6.07) is 6.25. The zero-order valence-corrected chi connectivity index (χ0v) is 12.2. The Bertz CT molecular complexity index is 499. The van der Waals surface area contributed by atoms with Crippen LogP contribution >= 0.6 is 15.9 Å². The lowest BCUT2D eigenvalue weighted by atomic mass is 10.1. The summed E-state index contributed by atoms with van der Waals surface area (Å²) in [5, 5.41) is 0. The van der Waals surface area contributed by atoms with Crippen LogP contribution < -0.4 is 0 Å². The molecule has 0 aliphatic carbocycles. The largest absolute Gasteiger partial charge is 0.409 e. The molecule has 0 saturated carbocycles. The number of rotatable bonds is 3. The molecule has 0 heterocycles. The molecule has 1 aromatic carbocycles. The monoisotopic (exact) mass is 377 g/mol. The van der Waals surface area contributed by atoms with Gasteiger partial charge in [-0.15, -0.1) is 0 Å². The van der Waals surface area contributed by atoms with Gasteiger partial charge in [-0.05, 0) is 11.6 Å². The van der Waals surface area contributed by atoms with Crippen molar-refractivity contribution in [3.05, 3.63) is 34.3 Å². The lowest BCUT2D eigenvalue weighted by molar-refractivity contribution is -0.277. The molecule has 0 unspecified atom stereocenters. The minimum absolute atomic E-state index is 0.372. The van der Waals surface area contributed by atoms with Gasteiger partial charge in [0, 0.05) is 18.1 Å². The molecular formula is C12H10BrF6NO. The fourth-order valence-electron chi connectivity index (χ4n) is 1.65. The predicted octanol–water partition coefficient (Wildman–Crippen LogP) is 4.15. The van der Waals surface area contributed by atoms with Gasteiger partial charge in [-0.3, -0.25) is 4.79 Å². The number of carbonyl (C=O) groups is 1. The first-order chi connectivity index (χ1) is 9.44. The maximum atomic E-state index is 12.5. The Balaban J connectivity index is 2.98. The highest BCUT2D eigenvalue weighted by molar-refractivity contribution is 9.10. The first-order valence-electron chi connectivity index (χ1n) is 5.56. The van der Waals surface area contributed by atoms with E-state index in [1.165, 1.54) is 6.07 Å². The molecule has 0 fully saturated rings. The minimum atomic E-state index is -5.68. The molecule has 21 heavy (non-hydrogen) atoms. The van der Waals surface area contributed by atoms with Crippen molar-refractivity contribution in [1.29, 1.82) is 0 Å². The van der Waals surface area contributed by atoms with Crippen LogP contribution in [-0.2, 0) is 11.3 Å². The van der Waals surface area contributed by atoms with E-state index in [2.05, 4.69) is 15.9 Å². The number of hydrogen-bond donors (Lipinski definition) is 0. The van der Waals surface area contributed by atoms with Gasteiger partial charge in [0.05, 0.1) is 0 Å². The number of benzene rings is 1. The molecule has 0 atom stereocenters. The number of nitrogens with zero attached hydrogens (tertiary/aromatic N) is 1. The number of halogens is 7. The molecule has 9 heteroatoms. The van der Waals surface area contributed by atoms with E-state index in [0.29, 0.717) is 14.9 Å². The van der Waals surface area contributed by atoms with Crippen LogP contribution in [0.4, 0.5) is 26.3 Å². The van der Waals surface area contributed by atoms with Gasteiger partial charge >= 0.3 is 12.4 Å².